The lowest BCUT2D eigenvalue weighted by atomic mass is 9.94. The molecule has 0 aliphatic heterocycles. The first kappa shape index (κ1) is 14.0. The molecule has 96 valence electrons. The molecule has 0 unspecified atom stereocenters. The van der Waals surface area contributed by atoms with Crippen molar-refractivity contribution in [1.82, 2.24) is 4.98 Å². The Morgan fingerprint density at radius 3 is 2.18 bits per heavy atom. The molecule has 1 rings (SSSR count). The highest BCUT2D eigenvalue weighted by Crippen LogP contribution is 2.30. The summed E-state index contributed by atoms with van der Waals surface area (Å²) >= 11 is 0. The fourth-order valence-corrected chi connectivity index (χ4v) is 1.97. The molecule has 1 aromatic heterocycles. The predicted molar refractivity (Wildman–Crippen MR) is 61.8 cm³/mol. The normalized spacial score (nSPS) is 12.1. The second-order valence-corrected chi connectivity index (χ2v) is 4.22. The molecule has 4 heteroatoms. The maximum absolute atomic E-state index is 12.5. The van der Waals surface area contributed by atoms with Crippen LogP contribution in [0.2, 0.25) is 0 Å². The van der Waals surface area contributed by atoms with E-state index in [4.69, 9.17) is 0 Å². The van der Waals surface area contributed by atoms with Crippen molar-refractivity contribution in [2.75, 3.05) is 0 Å². The second-order valence-electron chi connectivity index (χ2n) is 4.22. The standard InChI is InChI=1S/C13H18F3N/c1-3-6-10(7-4-2)11-8-5-9-12(17-11)13(14,15)16/h5,8-10H,3-4,6-7H2,1-2H3. The van der Waals surface area contributed by atoms with Crippen LogP contribution in [-0.4, -0.2) is 4.98 Å². The van der Waals surface area contributed by atoms with Crippen LogP contribution in [0.1, 0.15) is 56.8 Å². The molecular weight excluding hydrogens is 227 g/mol. The lowest BCUT2D eigenvalue weighted by molar-refractivity contribution is -0.141. The highest BCUT2D eigenvalue weighted by atomic mass is 19.4. The van der Waals surface area contributed by atoms with E-state index in [0.29, 0.717) is 5.69 Å². The van der Waals surface area contributed by atoms with Gasteiger partial charge in [-0.25, -0.2) is 4.98 Å². The average molecular weight is 245 g/mol. The number of pyridine rings is 1. The van der Waals surface area contributed by atoms with Crippen LogP contribution < -0.4 is 0 Å². The van der Waals surface area contributed by atoms with Crippen molar-refractivity contribution < 1.29 is 13.2 Å². The Kier molecular flexibility index (Phi) is 4.97. The van der Waals surface area contributed by atoms with Gasteiger partial charge in [-0.15, -0.1) is 0 Å². The zero-order valence-electron chi connectivity index (χ0n) is 10.2. The SMILES string of the molecule is CCCC(CCC)c1cccc(C(F)(F)F)n1. The van der Waals surface area contributed by atoms with E-state index >= 15 is 0 Å². The van der Waals surface area contributed by atoms with Crippen molar-refractivity contribution in [1.29, 1.82) is 0 Å². The van der Waals surface area contributed by atoms with Crippen LogP contribution >= 0.6 is 0 Å². The predicted octanol–water partition coefficient (Wildman–Crippen LogP) is 4.78. The summed E-state index contributed by atoms with van der Waals surface area (Å²) in [6.45, 7) is 4.08. The molecule has 0 saturated carbocycles. The molecule has 0 N–H and O–H groups in total. The summed E-state index contributed by atoms with van der Waals surface area (Å²) in [4.78, 5) is 3.76. The Hall–Kier alpha value is -1.06. The Morgan fingerprint density at radius 2 is 1.71 bits per heavy atom. The van der Waals surface area contributed by atoms with E-state index in [0.717, 1.165) is 31.7 Å². The van der Waals surface area contributed by atoms with E-state index in [1.807, 2.05) is 13.8 Å². The van der Waals surface area contributed by atoms with Crippen molar-refractivity contribution in [2.45, 2.75) is 51.6 Å². The minimum atomic E-state index is -4.35. The molecule has 0 fully saturated rings. The first-order valence-electron chi connectivity index (χ1n) is 6.03. The van der Waals surface area contributed by atoms with Gasteiger partial charge in [0.25, 0.3) is 0 Å². The lowest BCUT2D eigenvalue weighted by Crippen LogP contribution is -2.11. The fraction of sp³-hybridized carbons (Fsp3) is 0.615. The van der Waals surface area contributed by atoms with Crippen LogP contribution in [0.15, 0.2) is 18.2 Å². The molecule has 0 atom stereocenters. The van der Waals surface area contributed by atoms with Crippen molar-refractivity contribution >= 4 is 0 Å². The lowest BCUT2D eigenvalue weighted by Gasteiger charge is -2.16. The first-order valence-corrected chi connectivity index (χ1v) is 6.03. The summed E-state index contributed by atoms with van der Waals surface area (Å²) in [6, 6.07) is 4.17. The van der Waals surface area contributed by atoms with Crippen molar-refractivity contribution in [3.05, 3.63) is 29.6 Å². The zero-order valence-corrected chi connectivity index (χ0v) is 10.2. The van der Waals surface area contributed by atoms with Gasteiger partial charge in [-0.3, -0.25) is 0 Å². The maximum Gasteiger partial charge on any atom is 0.433 e. The van der Waals surface area contributed by atoms with Gasteiger partial charge < -0.3 is 0 Å². The molecule has 1 aromatic rings. The van der Waals surface area contributed by atoms with Gasteiger partial charge in [0.2, 0.25) is 0 Å². The summed E-state index contributed by atoms with van der Waals surface area (Å²) in [7, 11) is 0. The van der Waals surface area contributed by atoms with Gasteiger partial charge in [0.15, 0.2) is 0 Å². The minimum absolute atomic E-state index is 0.146. The summed E-state index contributed by atoms with van der Waals surface area (Å²) in [5, 5.41) is 0. The average Bonchev–Trinajstić information content (AvgIpc) is 2.28. The van der Waals surface area contributed by atoms with Crippen LogP contribution in [-0.2, 0) is 6.18 Å². The van der Waals surface area contributed by atoms with Crippen LogP contribution in [0.25, 0.3) is 0 Å². The third kappa shape index (κ3) is 4.02. The second kappa shape index (κ2) is 6.03. The van der Waals surface area contributed by atoms with Crippen LogP contribution in [0.5, 0.6) is 0 Å². The smallest absolute Gasteiger partial charge is 0.248 e. The molecule has 0 aliphatic rings. The third-order valence-electron chi connectivity index (χ3n) is 2.75. The molecule has 0 saturated heterocycles. The zero-order chi connectivity index (χ0) is 12.9. The van der Waals surface area contributed by atoms with Gasteiger partial charge in [-0.2, -0.15) is 13.2 Å². The minimum Gasteiger partial charge on any atom is -0.248 e. The van der Waals surface area contributed by atoms with Gasteiger partial charge in [0.05, 0.1) is 0 Å². The number of halogens is 3. The molecule has 0 spiro atoms. The number of hydrogen-bond acceptors (Lipinski definition) is 1. The van der Waals surface area contributed by atoms with Crippen molar-refractivity contribution in [3.63, 3.8) is 0 Å². The number of hydrogen-bond donors (Lipinski definition) is 0. The number of alkyl halides is 3. The summed E-state index contributed by atoms with van der Waals surface area (Å²) in [5.41, 5.74) is -0.212. The van der Waals surface area contributed by atoms with E-state index in [1.54, 1.807) is 6.07 Å². The summed E-state index contributed by atoms with van der Waals surface area (Å²) in [5.74, 6) is 0.146. The van der Waals surface area contributed by atoms with E-state index in [2.05, 4.69) is 4.98 Å². The van der Waals surface area contributed by atoms with E-state index in [9.17, 15) is 13.2 Å². The number of nitrogens with zero attached hydrogens (tertiary/aromatic N) is 1. The monoisotopic (exact) mass is 245 g/mol. The molecule has 17 heavy (non-hydrogen) atoms. The fourth-order valence-electron chi connectivity index (χ4n) is 1.97. The Labute approximate surface area is 100 Å². The molecule has 0 bridgehead atoms. The van der Waals surface area contributed by atoms with Crippen LogP contribution in [0.4, 0.5) is 13.2 Å². The quantitative estimate of drug-likeness (QED) is 0.727. The third-order valence-corrected chi connectivity index (χ3v) is 2.75. The van der Waals surface area contributed by atoms with Gasteiger partial charge in [0, 0.05) is 11.6 Å². The Balaban J connectivity index is 2.95. The molecule has 1 heterocycles. The van der Waals surface area contributed by atoms with Crippen molar-refractivity contribution in [2.24, 2.45) is 0 Å². The van der Waals surface area contributed by atoms with Gasteiger partial charge in [-0.1, -0.05) is 32.8 Å². The summed E-state index contributed by atoms with van der Waals surface area (Å²) in [6.07, 6.45) is -0.644. The van der Waals surface area contributed by atoms with Crippen LogP contribution in [0.3, 0.4) is 0 Å². The van der Waals surface area contributed by atoms with Gasteiger partial charge >= 0.3 is 6.18 Å². The molecule has 0 aliphatic carbocycles. The highest BCUT2D eigenvalue weighted by molar-refractivity contribution is 5.16. The van der Waals surface area contributed by atoms with Crippen LogP contribution in [0, 0.1) is 0 Å². The Morgan fingerprint density at radius 1 is 1.12 bits per heavy atom. The van der Waals surface area contributed by atoms with E-state index in [-0.39, 0.29) is 5.92 Å². The first-order chi connectivity index (χ1) is 7.99. The molecule has 0 radical (unpaired) electrons. The Bertz CT molecular complexity index is 341. The van der Waals surface area contributed by atoms with Gasteiger partial charge in [-0.05, 0) is 25.0 Å². The molecule has 0 amide bonds. The topological polar surface area (TPSA) is 12.9 Å². The van der Waals surface area contributed by atoms with Crippen molar-refractivity contribution in [3.8, 4) is 0 Å². The number of aromatic nitrogens is 1. The maximum atomic E-state index is 12.5. The van der Waals surface area contributed by atoms with E-state index in [1.165, 1.54) is 6.07 Å². The molecule has 0 aromatic carbocycles. The van der Waals surface area contributed by atoms with E-state index < -0.39 is 11.9 Å². The molecular formula is C13H18F3N. The number of rotatable bonds is 5. The largest absolute Gasteiger partial charge is 0.433 e. The summed E-state index contributed by atoms with van der Waals surface area (Å²) < 4.78 is 37.6. The van der Waals surface area contributed by atoms with Gasteiger partial charge in [0.1, 0.15) is 5.69 Å². The molecule has 1 nitrogen and oxygen atoms in total. The highest BCUT2D eigenvalue weighted by Gasteiger charge is 2.32.